The van der Waals surface area contributed by atoms with Gasteiger partial charge in [0.1, 0.15) is 0 Å². The number of likely N-dealkylation sites (N-methyl/N-ethyl adjacent to an activating group) is 1. The third-order valence-corrected chi connectivity index (χ3v) is 8.41. The van der Waals surface area contributed by atoms with E-state index in [9.17, 15) is 4.79 Å². The molecule has 1 aliphatic heterocycles. The summed E-state index contributed by atoms with van der Waals surface area (Å²) in [5.74, 6) is -0.0164. The van der Waals surface area contributed by atoms with Crippen LogP contribution < -0.4 is 0 Å². The maximum Gasteiger partial charge on any atom is 0.266 e. The van der Waals surface area contributed by atoms with E-state index in [1.165, 1.54) is 11.8 Å². The second-order valence-electron chi connectivity index (χ2n) is 9.20. The Morgan fingerprint density at radius 1 is 0.973 bits per heavy atom. The molecule has 1 fully saturated rings. The van der Waals surface area contributed by atoms with Crippen molar-refractivity contribution in [3.8, 4) is 0 Å². The molecular formula is C30H27Cl2N3OS. The number of aryl methyl sites for hydroxylation is 2. The molecule has 4 aromatic rings. The van der Waals surface area contributed by atoms with Crippen LogP contribution >= 0.6 is 35.0 Å². The fourth-order valence-corrected chi connectivity index (χ4v) is 5.97. The van der Waals surface area contributed by atoms with Gasteiger partial charge < -0.3 is 4.57 Å². The number of fused-ring (bicyclic) bond motifs is 1. The summed E-state index contributed by atoms with van der Waals surface area (Å²) in [7, 11) is 0. The van der Waals surface area contributed by atoms with Gasteiger partial charge in [-0.25, -0.2) is 4.99 Å². The number of halogens is 2. The monoisotopic (exact) mass is 547 g/mol. The van der Waals surface area contributed by atoms with Gasteiger partial charge in [-0.05, 0) is 86.5 Å². The number of carbonyl (C=O) groups is 1. The van der Waals surface area contributed by atoms with Crippen molar-refractivity contribution in [2.45, 2.75) is 34.2 Å². The number of carbonyl (C=O) groups excluding carboxylic acids is 1. The molecule has 2 heterocycles. The van der Waals surface area contributed by atoms with Crippen molar-refractivity contribution in [2.75, 3.05) is 6.54 Å². The van der Waals surface area contributed by atoms with Crippen LogP contribution in [0, 0.1) is 20.8 Å². The van der Waals surface area contributed by atoms with Crippen LogP contribution in [0.25, 0.3) is 17.0 Å². The van der Waals surface area contributed by atoms with Crippen LogP contribution in [0.15, 0.2) is 70.6 Å². The van der Waals surface area contributed by atoms with Gasteiger partial charge in [0.25, 0.3) is 5.91 Å². The molecule has 3 aromatic carbocycles. The molecule has 0 atom stereocenters. The zero-order valence-electron chi connectivity index (χ0n) is 21.2. The van der Waals surface area contributed by atoms with Crippen molar-refractivity contribution in [3.05, 3.63) is 104 Å². The lowest BCUT2D eigenvalue weighted by atomic mass is 10.1. The standard InChI is InChI=1S/C30H27Cl2N3OS/c1-5-34-29(36)28(37-30(34)33-26-14-18(2)10-11-19(26)3)16-23-20(4)35(27-9-7-6-8-22(23)27)17-21-12-13-24(31)25(32)15-21/h6-16H,5,17H2,1-4H3/b28-16+,33-30?. The maximum absolute atomic E-state index is 13.4. The van der Waals surface area contributed by atoms with Gasteiger partial charge in [-0.15, -0.1) is 0 Å². The molecule has 37 heavy (non-hydrogen) atoms. The number of aromatic nitrogens is 1. The summed E-state index contributed by atoms with van der Waals surface area (Å²) < 4.78 is 2.26. The van der Waals surface area contributed by atoms with Gasteiger partial charge in [-0.2, -0.15) is 0 Å². The minimum Gasteiger partial charge on any atom is -0.340 e. The normalized spacial score (nSPS) is 16.1. The summed E-state index contributed by atoms with van der Waals surface area (Å²) in [6.07, 6.45) is 2.02. The zero-order valence-corrected chi connectivity index (χ0v) is 23.5. The summed E-state index contributed by atoms with van der Waals surface area (Å²) in [5.41, 5.74) is 7.40. The van der Waals surface area contributed by atoms with Crippen LogP contribution in [-0.4, -0.2) is 27.1 Å². The van der Waals surface area contributed by atoms with Crippen molar-refractivity contribution < 1.29 is 4.79 Å². The maximum atomic E-state index is 13.4. The first-order valence-corrected chi connectivity index (χ1v) is 13.7. The molecule has 1 saturated heterocycles. The zero-order chi connectivity index (χ0) is 26.3. The van der Waals surface area contributed by atoms with E-state index in [1.807, 2.05) is 50.3 Å². The summed E-state index contributed by atoms with van der Waals surface area (Å²) in [5, 5.41) is 2.90. The molecule has 0 unspecified atom stereocenters. The molecule has 1 amide bonds. The lowest BCUT2D eigenvalue weighted by Gasteiger charge is -2.12. The highest BCUT2D eigenvalue weighted by Gasteiger charge is 2.33. The summed E-state index contributed by atoms with van der Waals surface area (Å²) in [6, 6.07) is 20.2. The number of nitrogens with zero attached hydrogens (tertiary/aromatic N) is 3. The van der Waals surface area contributed by atoms with Gasteiger partial charge in [-0.3, -0.25) is 9.69 Å². The molecule has 1 aliphatic rings. The van der Waals surface area contributed by atoms with Gasteiger partial charge in [0.15, 0.2) is 5.17 Å². The van der Waals surface area contributed by atoms with E-state index in [-0.39, 0.29) is 5.91 Å². The highest BCUT2D eigenvalue weighted by molar-refractivity contribution is 8.18. The summed E-state index contributed by atoms with van der Waals surface area (Å²) in [6.45, 7) is 9.37. The SMILES string of the molecule is CCN1C(=O)/C(=C\c2c(C)n(Cc3ccc(Cl)c(Cl)c3)c3ccccc23)SC1=Nc1cc(C)ccc1C. The van der Waals surface area contributed by atoms with Crippen LogP contribution in [0.2, 0.25) is 10.0 Å². The molecule has 188 valence electrons. The fourth-order valence-electron chi connectivity index (χ4n) is 4.61. The number of para-hydroxylation sites is 1. The number of benzene rings is 3. The van der Waals surface area contributed by atoms with Crippen LogP contribution in [0.1, 0.15) is 34.9 Å². The summed E-state index contributed by atoms with van der Waals surface area (Å²) in [4.78, 5) is 20.7. The van der Waals surface area contributed by atoms with Crippen molar-refractivity contribution in [3.63, 3.8) is 0 Å². The Morgan fingerprint density at radius 3 is 2.51 bits per heavy atom. The number of thioether (sulfide) groups is 1. The van der Waals surface area contributed by atoms with Crippen molar-refractivity contribution in [1.82, 2.24) is 9.47 Å². The van der Waals surface area contributed by atoms with Crippen LogP contribution in [0.3, 0.4) is 0 Å². The number of amidine groups is 1. The summed E-state index contributed by atoms with van der Waals surface area (Å²) >= 11 is 13.9. The van der Waals surface area contributed by atoms with E-state index in [4.69, 9.17) is 28.2 Å². The Balaban J connectivity index is 1.57. The molecule has 1 aromatic heterocycles. The predicted molar refractivity (Wildman–Crippen MR) is 158 cm³/mol. The van der Waals surface area contributed by atoms with E-state index in [1.54, 1.807) is 4.90 Å². The van der Waals surface area contributed by atoms with E-state index in [2.05, 4.69) is 48.7 Å². The van der Waals surface area contributed by atoms with Crippen LogP contribution in [0.5, 0.6) is 0 Å². The number of hydrogen-bond acceptors (Lipinski definition) is 3. The molecule has 4 nitrogen and oxygen atoms in total. The third kappa shape index (κ3) is 4.96. The second-order valence-corrected chi connectivity index (χ2v) is 11.0. The quantitative estimate of drug-likeness (QED) is 0.234. The number of aliphatic imine (C=N–C) groups is 1. The molecule has 0 bridgehead atoms. The average Bonchev–Trinajstić information content (AvgIpc) is 3.32. The lowest BCUT2D eigenvalue weighted by molar-refractivity contribution is -0.122. The molecule has 0 N–H and O–H groups in total. The lowest BCUT2D eigenvalue weighted by Crippen LogP contribution is -2.28. The van der Waals surface area contributed by atoms with E-state index in [0.29, 0.717) is 33.2 Å². The smallest absolute Gasteiger partial charge is 0.266 e. The van der Waals surface area contributed by atoms with Gasteiger partial charge in [0, 0.05) is 35.2 Å². The molecule has 7 heteroatoms. The topological polar surface area (TPSA) is 37.6 Å². The van der Waals surface area contributed by atoms with Gasteiger partial charge in [0.05, 0.1) is 20.6 Å². The van der Waals surface area contributed by atoms with Crippen molar-refractivity contribution in [1.29, 1.82) is 0 Å². The Morgan fingerprint density at radius 2 is 1.76 bits per heavy atom. The Kier molecular flexibility index (Phi) is 7.21. The van der Waals surface area contributed by atoms with Gasteiger partial charge >= 0.3 is 0 Å². The first-order chi connectivity index (χ1) is 17.8. The largest absolute Gasteiger partial charge is 0.340 e. The molecule has 0 aliphatic carbocycles. The van der Waals surface area contributed by atoms with Crippen LogP contribution in [-0.2, 0) is 11.3 Å². The first kappa shape index (κ1) is 25.7. The Hall–Kier alpha value is -2.99. The van der Waals surface area contributed by atoms with Gasteiger partial charge in [-0.1, -0.05) is 59.6 Å². The molecule has 0 radical (unpaired) electrons. The highest BCUT2D eigenvalue weighted by Crippen LogP contribution is 2.37. The molecular weight excluding hydrogens is 521 g/mol. The number of amides is 1. The van der Waals surface area contributed by atoms with Gasteiger partial charge in [0.2, 0.25) is 0 Å². The molecule has 0 saturated carbocycles. The van der Waals surface area contributed by atoms with E-state index >= 15 is 0 Å². The Labute approximate surface area is 231 Å². The molecule has 0 spiro atoms. The van der Waals surface area contributed by atoms with Crippen molar-refractivity contribution >= 4 is 68.7 Å². The average molecular weight is 549 g/mol. The van der Waals surface area contributed by atoms with Crippen molar-refractivity contribution in [2.24, 2.45) is 4.99 Å². The van der Waals surface area contributed by atoms with E-state index < -0.39 is 0 Å². The third-order valence-electron chi connectivity index (χ3n) is 6.66. The minimum atomic E-state index is -0.0164. The predicted octanol–water partition coefficient (Wildman–Crippen LogP) is 8.55. The second kappa shape index (κ2) is 10.4. The molecule has 5 rings (SSSR count). The number of hydrogen-bond donors (Lipinski definition) is 0. The highest BCUT2D eigenvalue weighted by atomic mass is 35.5. The Bertz CT molecular complexity index is 1600. The van der Waals surface area contributed by atoms with E-state index in [0.717, 1.165) is 44.5 Å². The van der Waals surface area contributed by atoms with Crippen LogP contribution in [0.4, 0.5) is 5.69 Å². The first-order valence-electron chi connectivity index (χ1n) is 12.2. The number of rotatable bonds is 5. The minimum absolute atomic E-state index is 0.0164. The fraction of sp³-hybridized carbons (Fsp3) is 0.200.